The summed E-state index contributed by atoms with van der Waals surface area (Å²) in [5, 5.41) is 20.4. The van der Waals surface area contributed by atoms with E-state index >= 15 is 4.79 Å². The zero-order valence-electron chi connectivity index (χ0n) is 29.6. The fourth-order valence-corrected chi connectivity index (χ4v) is 8.10. The number of aromatic amines is 1. The van der Waals surface area contributed by atoms with Gasteiger partial charge in [-0.15, -0.1) is 0 Å². The molecule has 0 radical (unpaired) electrons. The highest BCUT2D eigenvalue weighted by atomic mass is 35.5. The maximum absolute atomic E-state index is 15.0. The average Bonchev–Trinajstić information content (AvgIpc) is 3.74. The number of aryl methyl sites for hydroxylation is 6. The van der Waals surface area contributed by atoms with Crippen LogP contribution in [0.1, 0.15) is 68.4 Å². The molecule has 6 aromatic rings. The number of amides is 1. The molecule has 1 amide bonds. The van der Waals surface area contributed by atoms with Gasteiger partial charge >= 0.3 is 5.97 Å². The van der Waals surface area contributed by atoms with Crippen molar-refractivity contribution in [1.29, 1.82) is 0 Å². The lowest BCUT2D eigenvalue weighted by molar-refractivity contribution is 0.0687. The van der Waals surface area contributed by atoms with Crippen LogP contribution in [0.3, 0.4) is 0 Å². The molecule has 0 saturated carbocycles. The second-order valence-electron chi connectivity index (χ2n) is 13.4. The molecular formula is C39H39Cl2N5O5. The minimum atomic E-state index is -1.07. The van der Waals surface area contributed by atoms with Crippen molar-refractivity contribution in [3.8, 4) is 22.6 Å². The predicted octanol–water partition coefficient (Wildman–Crippen LogP) is 9.00. The largest absolute Gasteiger partial charge is 0.496 e. The van der Waals surface area contributed by atoms with E-state index in [1.807, 2.05) is 58.0 Å². The number of H-pyrrole nitrogens is 1. The molecule has 12 heteroatoms. The molecule has 0 saturated heterocycles. The minimum Gasteiger partial charge on any atom is -0.496 e. The van der Waals surface area contributed by atoms with Gasteiger partial charge in [0.2, 0.25) is 0 Å². The number of methoxy groups -OCH3 is 1. The van der Waals surface area contributed by atoms with Gasteiger partial charge < -0.3 is 28.6 Å². The Balaban J connectivity index is 1.38. The normalized spacial score (nSPS) is 14.5. The molecule has 10 nitrogen and oxygen atoms in total. The Bertz CT molecular complexity index is 2360. The standard InChI is InChI=1S/C39H39Cl2N5O5/c1-19-15-24(16-20(2)34(19)41)51-14-8-9-25-26-10-11-28(40)33(32-22(4)42-43-23(32)5)36(26)46-21(3)18-45(38(47)37(25)46)29-12-13-31(50-7)27-17-30(39(48)49)44(6)35(27)29/h10-13,15-17,21H,8-9,14,18H2,1-7H3,(H,42,43)(H,48,49)/t21-/m1/s1. The summed E-state index contributed by atoms with van der Waals surface area (Å²) in [5.41, 5.74) is 9.03. The second kappa shape index (κ2) is 13.0. The third-order valence-corrected chi connectivity index (χ3v) is 11.0. The number of carboxylic acids is 1. The summed E-state index contributed by atoms with van der Waals surface area (Å²) in [6.45, 7) is 10.7. The first kappa shape index (κ1) is 34.5. The zero-order valence-corrected chi connectivity index (χ0v) is 31.1. The van der Waals surface area contributed by atoms with Gasteiger partial charge in [0, 0.05) is 52.3 Å². The van der Waals surface area contributed by atoms with E-state index < -0.39 is 5.97 Å². The lowest BCUT2D eigenvalue weighted by Gasteiger charge is -2.35. The Morgan fingerprint density at radius 2 is 1.75 bits per heavy atom. The van der Waals surface area contributed by atoms with Crippen LogP contribution < -0.4 is 14.4 Å². The van der Waals surface area contributed by atoms with Gasteiger partial charge in [0.1, 0.15) is 22.9 Å². The number of nitrogens with zero attached hydrogens (tertiary/aromatic N) is 4. The lowest BCUT2D eigenvalue weighted by Crippen LogP contribution is -2.43. The van der Waals surface area contributed by atoms with Gasteiger partial charge in [-0.25, -0.2) is 4.79 Å². The first-order valence-corrected chi connectivity index (χ1v) is 17.6. The lowest BCUT2D eigenvalue weighted by atomic mass is 9.98. The molecule has 51 heavy (non-hydrogen) atoms. The summed E-state index contributed by atoms with van der Waals surface area (Å²) in [6, 6.07) is 12.8. The molecule has 0 aliphatic carbocycles. The molecule has 3 aromatic heterocycles. The number of ether oxygens (including phenoxy) is 2. The van der Waals surface area contributed by atoms with Crippen molar-refractivity contribution >= 4 is 62.6 Å². The Hall–Kier alpha value is -4.93. The van der Waals surface area contributed by atoms with Crippen molar-refractivity contribution in [3.05, 3.63) is 92.0 Å². The van der Waals surface area contributed by atoms with Crippen LogP contribution in [-0.2, 0) is 13.5 Å². The van der Waals surface area contributed by atoms with Crippen LogP contribution >= 0.6 is 23.2 Å². The fraction of sp³-hybridized carbons (Fsp3) is 0.308. The van der Waals surface area contributed by atoms with E-state index in [-0.39, 0.29) is 17.6 Å². The van der Waals surface area contributed by atoms with Crippen molar-refractivity contribution in [1.82, 2.24) is 19.3 Å². The molecule has 0 fully saturated rings. The average molecular weight is 729 g/mol. The summed E-state index contributed by atoms with van der Waals surface area (Å²) >= 11 is 13.4. The van der Waals surface area contributed by atoms with Gasteiger partial charge in [0.15, 0.2) is 0 Å². The van der Waals surface area contributed by atoms with Gasteiger partial charge in [0.25, 0.3) is 5.91 Å². The molecule has 1 aliphatic heterocycles. The Morgan fingerprint density at radius 1 is 1.02 bits per heavy atom. The Kier molecular flexibility index (Phi) is 8.80. The van der Waals surface area contributed by atoms with E-state index in [2.05, 4.69) is 21.7 Å². The molecule has 7 rings (SSSR count). The topological polar surface area (TPSA) is 115 Å². The van der Waals surface area contributed by atoms with Crippen LogP contribution in [0.15, 0.2) is 42.5 Å². The number of benzene rings is 3. The summed E-state index contributed by atoms with van der Waals surface area (Å²) in [5.74, 6) is 0.0282. The number of rotatable bonds is 9. The van der Waals surface area contributed by atoms with E-state index in [0.717, 1.165) is 60.9 Å². The maximum Gasteiger partial charge on any atom is 0.352 e. The Morgan fingerprint density at radius 3 is 2.39 bits per heavy atom. The molecule has 4 heterocycles. The van der Waals surface area contributed by atoms with Crippen molar-refractivity contribution in [2.45, 2.75) is 53.5 Å². The summed E-state index contributed by atoms with van der Waals surface area (Å²) in [7, 11) is 3.24. The fourth-order valence-electron chi connectivity index (χ4n) is 7.75. The van der Waals surface area contributed by atoms with E-state index in [4.69, 9.17) is 32.7 Å². The quantitative estimate of drug-likeness (QED) is 0.144. The van der Waals surface area contributed by atoms with Crippen LogP contribution in [0.25, 0.3) is 32.9 Å². The number of hydrogen-bond acceptors (Lipinski definition) is 5. The second-order valence-corrected chi connectivity index (χ2v) is 14.1. The van der Waals surface area contributed by atoms with Crippen LogP contribution in [0.2, 0.25) is 10.0 Å². The maximum atomic E-state index is 15.0. The number of carboxylic acid groups (broad SMARTS) is 1. The molecular weight excluding hydrogens is 689 g/mol. The van der Waals surface area contributed by atoms with Gasteiger partial charge in [0.05, 0.1) is 41.2 Å². The van der Waals surface area contributed by atoms with Crippen LogP contribution in [0, 0.1) is 27.7 Å². The van der Waals surface area contributed by atoms with Crippen molar-refractivity contribution in [2.75, 3.05) is 25.2 Å². The smallest absolute Gasteiger partial charge is 0.352 e. The first-order valence-electron chi connectivity index (χ1n) is 16.8. The van der Waals surface area contributed by atoms with Gasteiger partial charge in [-0.2, -0.15) is 5.10 Å². The molecule has 264 valence electrons. The summed E-state index contributed by atoms with van der Waals surface area (Å²) < 4.78 is 15.6. The van der Waals surface area contributed by atoms with Crippen molar-refractivity contribution < 1.29 is 24.2 Å². The number of nitrogens with one attached hydrogen (secondary N) is 1. The van der Waals surface area contributed by atoms with Crippen LogP contribution in [0.5, 0.6) is 11.5 Å². The van der Waals surface area contributed by atoms with Crippen molar-refractivity contribution in [2.24, 2.45) is 7.05 Å². The Labute approximate surface area is 305 Å². The van der Waals surface area contributed by atoms with Crippen LogP contribution in [0.4, 0.5) is 5.69 Å². The van der Waals surface area contributed by atoms with Crippen molar-refractivity contribution in [3.63, 3.8) is 0 Å². The third-order valence-electron chi connectivity index (χ3n) is 10.0. The molecule has 1 aliphatic rings. The number of carbonyl (C=O) groups excluding carboxylic acids is 1. The molecule has 2 N–H and O–H groups in total. The third kappa shape index (κ3) is 5.52. The molecule has 0 bridgehead atoms. The predicted molar refractivity (Wildman–Crippen MR) is 202 cm³/mol. The molecule has 3 aromatic carbocycles. The number of hydrogen-bond donors (Lipinski definition) is 2. The SMILES string of the molecule is COc1ccc(N2C[C@@H](C)n3c(c(CCCOc4cc(C)c(Cl)c(C)c4)c4ccc(Cl)c(-c5c(C)n[nH]c5C)c43)C2=O)c2c1cc(C(=O)O)n2C. The summed E-state index contributed by atoms with van der Waals surface area (Å²) in [4.78, 5) is 29.0. The highest BCUT2D eigenvalue weighted by Crippen LogP contribution is 2.46. The van der Waals surface area contributed by atoms with E-state index in [1.165, 1.54) is 0 Å². The van der Waals surface area contributed by atoms with Gasteiger partial charge in [-0.05, 0) is 101 Å². The van der Waals surface area contributed by atoms with Crippen LogP contribution in [-0.4, -0.2) is 56.6 Å². The highest BCUT2D eigenvalue weighted by molar-refractivity contribution is 6.35. The zero-order chi connectivity index (χ0) is 36.5. The van der Waals surface area contributed by atoms with Gasteiger partial charge in [-0.1, -0.05) is 29.3 Å². The number of anilines is 1. The van der Waals surface area contributed by atoms with E-state index in [9.17, 15) is 9.90 Å². The molecule has 0 unspecified atom stereocenters. The summed E-state index contributed by atoms with van der Waals surface area (Å²) in [6.07, 6.45) is 1.20. The van der Waals surface area contributed by atoms with E-state index in [0.29, 0.717) is 59.0 Å². The van der Waals surface area contributed by atoms with E-state index in [1.54, 1.807) is 35.8 Å². The number of aromatic nitrogens is 4. The molecule has 1 atom stereocenters. The highest BCUT2D eigenvalue weighted by Gasteiger charge is 2.38. The number of carbonyl (C=O) groups is 2. The minimum absolute atomic E-state index is 0.0965. The molecule has 0 spiro atoms. The number of aromatic carboxylic acids is 1. The number of halogens is 2. The first-order chi connectivity index (χ1) is 24.3. The van der Waals surface area contributed by atoms with Gasteiger partial charge in [-0.3, -0.25) is 9.89 Å². The number of fused-ring (bicyclic) bond motifs is 4. The monoisotopic (exact) mass is 727 g/mol.